The molecule has 2 N–H and O–H groups in total. The maximum absolute atomic E-state index is 12.2. The molecule has 2 heterocycles. The van der Waals surface area contributed by atoms with Crippen LogP contribution in [-0.2, 0) is 16.6 Å². The van der Waals surface area contributed by atoms with E-state index >= 15 is 0 Å². The van der Waals surface area contributed by atoms with Gasteiger partial charge in [0.05, 0.1) is 6.54 Å². The number of aromatic nitrogens is 2. The van der Waals surface area contributed by atoms with Gasteiger partial charge in [0.15, 0.2) is 0 Å². The van der Waals surface area contributed by atoms with Crippen LogP contribution in [0.3, 0.4) is 0 Å². The third-order valence-corrected chi connectivity index (χ3v) is 5.44. The molecule has 0 spiro atoms. The smallest absolute Gasteiger partial charge is 0.347 e. The molecule has 7 nitrogen and oxygen atoms in total. The van der Waals surface area contributed by atoms with Gasteiger partial charge in [0.25, 0.3) is 0 Å². The molecular formula is C11H13N3O4S2. The Morgan fingerprint density at radius 3 is 2.90 bits per heavy atom. The topological polar surface area (TPSA) is 101 Å². The highest BCUT2D eigenvalue weighted by molar-refractivity contribution is 7.89. The number of hydrogen-bond acceptors (Lipinski definition) is 5. The third kappa shape index (κ3) is 3.06. The van der Waals surface area contributed by atoms with Gasteiger partial charge in [0, 0.05) is 18.9 Å². The molecule has 0 amide bonds. The summed E-state index contributed by atoms with van der Waals surface area (Å²) in [4.78, 5) is 10.7. The lowest BCUT2D eigenvalue weighted by molar-refractivity contribution is 0.0698. The van der Waals surface area contributed by atoms with Gasteiger partial charge in [-0.2, -0.15) is 5.10 Å². The van der Waals surface area contributed by atoms with Crippen LogP contribution in [0.1, 0.15) is 15.2 Å². The first-order chi connectivity index (χ1) is 9.42. The highest BCUT2D eigenvalue weighted by Crippen LogP contribution is 2.26. The molecule has 0 saturated heterocycles. The van der Waals surface area contributed by atoms with Crippen LogP contribution < -0.4 is 4.72 Å². The zero-order chi connectivity index (χ0) is 14.8. The van der Waals surface area contributed by atoms with Crippen LogP contribution in [0.4, 0.5) is 0 Å². The van der Waals surface area contributed by atoms with Crippen LogP contribution >= 0.6 is 11.3 Å². The van der Waals surface area contributed by atoms with Crippen LogP contribution in [0, 0.1) is 6.92 Å². The minimum Gasteiger partial charge on any atom is -0.477 e. The molecule has 0 unspecified atom stereocenters. The van der Waals surface area contributed by atoms with Crippen molar-refractivity contribution in [3.05, 3.63) is 34.3 Å². The van der Waals surface area contributed by atoms with Crippen LogP contribution in [-0.4, -0.2) is 35.8 Å². The Balaban J connectivity index is 2.14. The zero-order valence-corrected chi connectivity index (χ0v) is 12.2. The van der Waals surface area contributed by atoms with Gasteiger partial charge in [0.1, 0.15) is 9.77 Å². The number of thiophene rings is 1. The van der Waals surface area contributed by atoms with Gasteiger partial charge in [-0.1, -0.05) is 0 Å². The number of carboxylic acid groups (broad SMARTS) is 1. The van der Waals surface area contributed by atoms with E-state index in [-0.39, 0.29) is 16.3 Å². The van der Waals surface area contributed by atoms with Crippen molar-refractivity contribution in [2.75, 3.05) is 6.54 Å². The van der Waals surface area contributed by atoms with Crippen molar-refractivity contribution in [3.8, 4) is 0 Å². The molecule has 0 aliphatic carbocycles. The summed E-state index contributed by atoms with van der Waals surface area (Å²) in [5, 5.41) is 14.5. The van der Waals surface area contributed by atoms with E-state index < -0.39 is 16.0 Å². The molecule has 0 saturated carbocycles. The number of carboxylic acids is 1. The summed E-state index contributed by atoms with van der Waals surface area (Å²) in [6, 6.07) is 1.74. The Morgan fingerprint density at radius 2 is 2.30 bits per heavy atom. The van der Waals surface area contributed by atoms with E-state index in [9.17, 15) is 13.2 Å². The van der Waals surface area contributed by atoms with E-state index in [1.54, 1.807) is 30.1 Å². The van der Waals surface area contributed by atoms with Crippen LogP contribution in [0.5, 0.6) is 0 Å². The molecule has 0 bridgehead atoms. The van der Waals surface area contributed by atoms with E-state index in [1.165, 1.54) is 5.38 Å². The van der Waals surface area contributed by atoms with Crippen LogP contribution in [0.25, 0.3) is 0 Å². The van der Waals surface area contributed by atoms with E-state index in [2.05, 4.69) is 9.82 Å². The predicted molar refractivity (Wildman–Crippen MR) is 73.4 cm³/mol. The standard InChI is InChI=1S/C11H13N3O4S2/c1-8-7-19-9(11(15)16)10(8)20(17,18)13-4-6-14-5-2-3-12-14/h2-3,5,7,13H,4,6H2,1H3,(H,15,16). The van der Waals surface area contributed by atoms with Gasteiger partial charge >= 0.3 is 5.97 Å². The van der Waals surface area contributed by atoms with Crippen LogP contribution in [0.2, 0.25) is 0 Å². The first-order valence-corrected chi connectivity index (χ1v) is 8.06. The fourth-order valence-corrected chi connectivity index (χ4v) is 4.36. The molecule has 0 aliphatic heterocycles. The van der Waals surface area contributed by atoms with Crippen molar-refractivity contribution >= 4 is 27.3 Å². The molecule has 0 aliphatic rings. The molecular weight excluding hydrogens is 302 g/mol. The largest absolute Gasteiger partial charge is 0.477 e. The van der Waals surface area contributed by atoms with Gasteiger partial charge in [0.2, 0.25) is 10.0 Å². The molecule has 9 heteroatoms. The second-order valence-corrected chi connectivity index (χ2v) is 6.63. The minimum atomic E-state index is -3.84. The van der Waals surface area contributed by atoms with Crippen molar-refractivity contribution < 1.29 is 18.3 Å². The zero-order valence-electron chi connectivity index (χ0n) is 10.6. The summed E-state index contributed by atoms with van der Waals surface area (Å²) >= 11 is 0.906. The quantitative estimate of drug-likeness (QED) is 0.826. The molecule has 108 valence electrons. The Bertz CT molecular complexity index is 704. The van der Waals surface area contributed by atoms with Gasteiger partial charge in [-0.15, -0.1) is 11.3 Å². The minimum absolute atomic E-state index is 0.137. The van der Waals surface area contributed by atoms with Gasteiger partial charge in [-0.25, -0.2) is 17.9 Å². The maximum atomic E-state index is 12.2. The van der Waals surface area contributed by atoms with E-state index in [0.717, 1.165) is 11.3 Å². The average molecular weight is 315 g/mol. The van der Waals surface area contributed by atoms with Crippen molar-refractivity contribution in [3.63, 3.8) is 0 Å². The van der Waals surface area contributed by atoms with E-state index in [0.29, 0.717) is 12.1 Å². The number of nitrogens with zero attached hydrogens (tertiary/aromatic N) is 2. The predicted octanol–water partition coefficient (Wildman–Crippen LogP) is 0.930. The third-order valence-electron chi connectivity index (χ3n) is 2.57. The lowest BCUT2D eigenvalue weighted by Crippen LogP contribution is -2.28. The molecule has 2 rings (SSSR count). The molecule has 0 atom stereocenters. The van der Waals surface area contributed by atoms with E-state index in [1.807, 2.05) is 0 Å². The number of rotatable bonds is 6. The molecule has 0 radical (unpaired) electrons. The number of sulfonamides is 1. The maximum Gasteiger partial charge on any atom is 0.347 e. The summed E-state index contributed by atoms with van der Waals surface area (Å²) in [6.07, 6.45) is 3.31. The lowest BCUT2D eigenvalue weighted by atomic mass is 10.3. The summed E-state index contributed by atoms with van der Waals surface area (Å²) in [6.45, 7) is 2.08. The molecule has 20 heavy (non-hydrogen) atoms. The number of aromatic carboxylic acids is 1. The summed E-state index contributed by atoms with van der Waals surface area (Å²) in [7, 11) is -3.84. The molecule has 2 aromatic rings. The average Bonchev–Trinajstić information content (AvgIpc) is 2.98. The lowest BCUT2D eigenvalue weighted by Gasteiger charge is -2.07. The Kier molecular flexibility index (Phi) is 4.21. The highest BCUT2D eigenvalue weighted by atomic mass is 32.2. The van der Waals surface area contributed by atoms with Gasteiger partial charge in [-0.05, 0) is 23.9 Å². The van der Waals surface area contributed by atoms with Crippen LogP contribution in [0.15, 0.2) is 28.7 Å². The normalized spacial score (nSPS) is 11.7. The first kappa shape index (κ1) is 14.7. The number of aryl methyl sites for hydroxylation is 1. The number of carbonyl (C=O) groups is 1. The Morgan fingerprint density at radius 1 is 1.55 bits per heavy atom. The first-order valence-electron chi connectivity index (χ1n) is 5.70. The number of nitrogens with one attached hydrogen (secondary N) is 1. The summed E-state index contributed by atoms with van der Waals surface area (Å²) < 4.78 is 28.3. The van der Waals surface area contributed by atoms with Gasteiger partial charge in [-0.3, -0.25) is 4.68 Å². The monoisotopic (exact) mass is 315 g/mol. The van der Waals surface area contributed by atoms with Crippen molar-refractivity contribution in [1.82, 2.24) is 14.5 Å². The van der Waals surface area contributed by atoms with Crippen molar-refractivity contribution in [1.29, 1.82) is 0 Å². The Labute approximate surface area is 119 Å². The number of hydrogen-bond donors (Lipinski definition) is 2. The SMILES string of the molecule is Cc1csc(C(=O)O)c1S(=O)(=O)NCCn1cccn1. The fraction of sp³-hybridized carbons (Fsp3) is 0.273. The summed E-state index contributed by atoms with van der Waals surface area (Å²) in [5.41, 5.74) is 0.430. The van der Waals surface area contributed by atoms with Gasteiger partial charge < -0.3 is 5.11 Å². The molecule has 0 fully saturated rings. The second-order valence-electron chi connectivity index (χ2n) is 4.05. The second kappa shape index (κ2) is 5.73. The van der Waals surface area contributed by atoms with Crippen molar-refractivity contribution in [2.45, 2.75) is 18.4 Å². The van der Waals surface area contributed by atoms with Crippen molar-refractivity contribution in [2.24, 2.45) is 0 Å². The highest BCUT2D eigenvalue weighted by Gasteiger charge is 2.26. The van der Waals surface area contributed by atoms with E-state index in [4.69, 9.17) is 5.11 Å². The fourth-order valence-electron chi connectivity index (χ4n) is 1.71. The Hall–Kier alpha value is -1.71. The molecule has 2 aromatic heterocycles. The molecule has 0 aromatic carbocycles. The summed E-state index contributed by atoms with van der Waals surface area (Å²) in [5.74, 6) is -1.24.